The summed E-state index contributed by atoms with van der Waals surface area (Å²) in [5, 5.41) is 3.15. The molecule has 1 amide bonds. The van der Waals surface area contributed by atoms with Crippen LogP contribution < -0.4 is 14.8 Å². The summed E-state index contributed by atoms with van der Waals surface area (Å²) >= 11 is 6.15. The standard InChI is InChI=1S/C23H23ClN2O5S/c1-26(32(3,28)29)22(16-8-5-4-6-9-16)23(27)25-20-14-17(24)12-13-21(20)31-19-11-7-10-18(15-19)30-2/h4-15,22H,1-3H3,(H,25,27)/t22-/m0/s1. The first-order valence-electron chi connectivity index (χ1n) is 9.59. The maximum absolute atomic E-state index is 13.3. The van der Waals surface area contributed by atoms with E-state index in [0.29, 0.717) is 33.5 Å². The van der Waals surface area contributed by atoms with Gasteiger partial charge in [-0.3, -0.25) is 4.79 Å². The van der Waals surface area contributed by atoms with Crippen LogP contribution in [0.3, 0.4) is 0 Å². The van der Waals surface area contributed by atoms with Gasteiger partial charge in [0.1, 0.15) is 17.5 Å². The van der Waals surface area contributed by atoms with E-state index in [9.17, 15) is 13.2 Å². The zero-order valence-corrected chi connectivity index (χ0v) is 19.4. The molecule has 0 radical (unpaired) electrons. The van der Waals surface area contributed by atoms with Gasteiger partial charge in [-0.1, -0.05) is 48.0 Å². The summed E-state index contributed by atoms with van der Waals surface area (Å²) < 4.78 is 36.6. The maximum atomic E-state index is 13.3. The smallest absolute Gasteiger partial charge is 0.247 e. The molecule has 9 heteroatoms. The highest BCUT2D eigenvalue weighted by molar-refractivity contribution is 7.88. The largest absolute Gasteiger partial charge is 0.497 e. The van der Waals surface area contributed by atoms with E-state index in [1.165, 1.54) is 13.1 Å². The van der Waals surface area contributed by atoms with Crippen LogP contribution in [0.25, 0.3) is 0 Å². The monoisotopic (exact) mass is 474 g/mol. The lowest BCUT2D eigenvalue weighted by molar-refractivity contribution is -0.119. The van der Waals surface area contributed by atoms with Crippen LogP contribution in [-0.2, 0) is 14.8 Å². The summed E-state index contributed by atoms with van der Waals surface area (Å²) in [6.07, 6.45) is 1.05. The molecule has 32 heavy (non-hydrogen) atoms. The van der Waals surface area contributed by atoms with Gasteiger partial charge in [0.15, 0.2) is 5.75 Å². The molecule has 168 valence electrons. The molecule has 0 aliphatic heterocycles. The van der Waals surface area contributed by atoms with E-state index in [2.05, 4.69) is 5.32 Å². The molecule has 3 rings (SSSR count). The molecule has 0 saturated carbocycles. The SMILES string of the molecule is COc1cccc(Oc2ccc(Cl)cc2NC(=O)[C@H](c2ccccc2)N(C)S(C)(=O)=O)c1. The Morgan fingerprint density at radius 2 is 1.69 bits per heavy atom. The highest BCUT2D eigenvalue weighted by Gasteiger charge is 2.31. The summed E-state index contributed by atoms with van der Waals surface area (Å²) in [6, 6.07) is 19.3. The van der Waals surface area contributed by atoms with Crippen molar-refractivity contribution >= 4 is 33.2 Å². The summed E-state index contributed by atoms with van der Waals surface area (Å²) in [7, 11) is -0.751. The molecule has 0 unspecified atom stereocenters. The number of amides is 1. The van der Waals surface area contributed by atoms with Crippen LogP contribution >= 0.6 is 11.6 Å². The zero-order chi connectivity index (χ0) is 23.3. The summed E-state index contributed by atoms with van der Waals surface area (Å²) in [6.45, 7) is 0. The number of benzene rings is 3. The summed E-state index contributed by atoms with van der Waals surface area (Å²) in [5.41, 5.74) is 0.823. The van der Waals surface area contributed by atoms with E-state index in [1.807, 2.05) is 0 Å². The van der Waals surface area contributed by atoms with E-state index >= 15 is 0 Å². The normalized spacial score (nSPS) is 12.3. The second-order valence-electron chi connectivity index (χ2n) is 7.00. The van der Waals surface area contributed by atoms with Crippen molar-refractivity contribution in [1.82, 2.24) is 4.31 Å². The zero-order valence-electron chi connectivity index (χ0n) is 17.8. The van der Waals surface area contributed by atoms with Crippen molar-refractivity contribution in [2.75, 3.05) is 25.7 Å². The number of rotatable bonds is 8. The van der Waals surface area contributed by atoms with E-state index in [-0.39, 0.29) is 0 Å². The van der Waals surface area contributed by atoms with Crippen LogP contribution in [0.4, 0.5) is 5.69 Å². The van der Waals surface area contributed by atoms with Gasteiger partial charge in [0.25, 0.3) is 0 Å². The molecule has 0 aliphatic rings. The summed E-state index contributed by atoms with van der Waals surface area (Å²) in [4.78, 5) is 13.3. The third-order valence-corrected chi connectivity index (χ3v) is 6.21. The molecule has 3 aromatic carbocycles. The van der Waals surface area contributed by atoms with Crippen LogP contribution in [-0.4, -0.2) is 39.0 Å². The van der Waals surface area contributed by atoms with Crippen LogP contribution in [0.5, 0.6) is 17.2 Å². The number of sulfonamides is 1. The van der Waals surface area contributed by atoms with Crippen molar-refractivity contribution in [2.45, 2.75) is 6.04 Å². The quantitative estimate of drug-likeness (QED) is 0.511. The van der Waals surface area contributed by atoms with Crippen molar-refractivity contribution in [3.05, 3.63) is 83.4 Å². The fourth-order valence-electron chi connectivity index (χ4n) is 3.03. The molecule has 0 heterocycles. The number of nitrogens with one attached hydrogen (secondary N) is 1. The van der Waals surface area contributed by atoms with Gasteiger partial charge in [-0.2, -0.15) is 4.31 Å². The molecule has 1 atom stereocenters. The Kier molecular flexibility index (Phi) is 7.40. The average Bonchev–Trinajstić information content (AvgIpc) is 2.76. The van der Waals surface area contributed by atoms with Crippen molar-refractivity contribution in [2.24, 2.45) is 0 Å². The Hall–Kier alpha value is -3.07. The van der Waals surface area contributed by atoms with Crippen molar-refractivity contribution < 1.29 is 22.7 Å². The van der Waals surface area contributed by atoms with Crippen LogP contribution in [0.1, 0.15) is 11.6 Å². The highest BCUT2D eigenvalue weighted by atomic mass is 35.5. The fourth-order valence-corrected chi connectivity index (χ4v) is 3.81. The minimum Gasteiger partial charge on any atom is -0.497 e. The molecule has 0 bridgehead atoms. The van der Waals surface area contributed by atoms with E-state index in [4.69, 9.17) is 21.1 Å². The molecule has 7 nitrogen and oxygen atoms in total. The third-order valence-electron chi connectivity index (χ3n) is 4.72. The number of hydrogen-bond acceptors (Lipinski definition) is 5. The molecule has 0 saturated heterocycles. The minimum absolute atomic E-state index is 0.299. The molecule has 0 aliphatic carbocycles. The first kappa shape index (κ1) is 23.6. The Balaban J connectivity index is 1.95. The van der Waals surface area contributed by atoms with E-state index in [0.717, 1.165) is 10.6 Å². The second kappa shape index (κ2) is 10.0. The van der Waals surface area contributed by atoms with E-state index < -0.39 is 22.0 Å². The van der Waals surface area contributed by atoms with Gasteiger partial charge in [0.2, 0.25) is 15.9 Å². The van der Waals surface area contributed by atoms with Gasteiger partial charge in [0, 0.05) is 18.1 Å². The Morgan fingerprint density at radius 3 is 2.34 bits per heavy atom. The lowest BCUT2D eigenvalue weighted by Gasteiger charge is -2.26. The minimum atomic E-state index is -3.66. The second-order valence-corrected chi connectivity index (χ2v) is 9.48. The topological polar surface area (TPSA) is 84.9 Å². The molecule has 1 N–H and O–H groups in total. The summed E-state index contributed by atoms with van der Waals surface area (Å²) in [5.74, 6) is 0.891. The highest BCUT2D eigenvalue weighted by Crippen LogP contribution is 2.34. The number of anilines is 1. The first-order valence-corrected chi connectivity index (χ1v) is 11.8. The lowest BCUT2D eigenvalue weighted by atomic mass is 10.1. The molecular formula is C23H23ClN2O5S. The van der Waals surface area contributed by atoms with Crippen molar-refractivity contribution in [1.29, 1.82) is 0 Å². The number of halogens is 1. The van der Waals surface area contributed by atoms with Gasteiger partial charge < -0.3 is 14.8 Å². The predicted molar refractivity (Wildman–Crippen MR) is 125 cm³/mol. The average molecular weight is 475 g/mol. The molecule has 0 aromatic heterocycles. The lowest BCUT2D eigenvalue weighted by Crippen LogP contribution is -2.38. The van der Waals surface area contributed by atoms with Crippen molar-refractivity contribution in [3.63, 3.8) is 0 Å². The van der Waals surface area contributed by atoms with Crippen LogP contribution in [0.15, 0.2) is 72.8 Å². The third kappa shape index (κ3) is 5.79. The van der Waals surface area contributed by atoms with Gasteiger partial charge in [0.05, 0.1) is 19.1 Å². The molecular weight excluding hydrogens is 452 g/mol. The number of ether oxygens (including phenoxy) is 2. The van der Waals surface area contributed by atoms with Gasteiger partial charge in [-0.25, -0.2) is 8.42 Å². The number of methoxy groups -OCH3 is 1. The Morgan fingerprint density at radius 1 is 1.00 bits per heavy atom. The van der Waals surface area contributed by atoms with E-state index in [1.54, 1.807) is 73.8 Å². The fraction of sp³-hybridized carbons (Fsp3) is 0.174. The van der Waals surface area contributed by atoms with Gasteiger partial charge in [-0.15, -0.1) is 0 Å². The van der Waals surface area contributed by atoms with Crippen LogP contribution in [0.2, 0.25) is 5.02 Å². The maximum Gasteiger partial charge on any atom is 0.247 e. The van der Waals surface area contributed by atoms with Crippen molar-refractivity contribution in [3.8, 4) is 17.2 Å². The molecule has 0 fully saturated rings. The Bertz CT molecular complexity index is 1200. The van der Waals surface area contributed by atoms with Crippen LogP contribution in [0, 0.1) is 0 Å². The number of carbonyl (C=O) groups is 1. The number of likely N-dealkylation sites (N-methyl/N-ethyl adjacent to an activating group) is 1. The molecule has 3 aromatic rings. The number of nitrogens with zero attached hydrogens (tertiary/aromatic N) is 1. The van der Waals surface area contributed by atoms with Gasteiger partial charge >= 0.3 is 0 Å². The van der Waals surface area contributed by atoms with Gasteiger partial charge in [-0.05, 0) is 35.9 Å². The Labute approximate surface area is 192 Å². The first-order chi connectivity index (χ1) is 15.2. The predicted octanol–water partition coefficient (Wildman–Crippen LogP) is 4.71. The number of hydrogen-bond donors (Lipinski definition) is 1. The number of carbonyl (C=O) groups excluding carboxylic acids is 1. The molecule has 0 spiro atoms.